The molecule has 1 aromatic heterocycles. The zero-order chi connectivity index (χ0) is 33.5. The molecule has 0 unspecified atom stereocenters. The van der Waals surface area contributed by atoms with Gasteiger partial charge in [-0.2, -0.15) is 0 Å². The van der Waals surface area contributed by atoms with Gasteiger partial charge in [0.05, 0.1) is 5.52 Å². The summed E-state index contributed by atoms with van der Waals surface area (Å²) in [5, 5.41) is 15.3. The van der Waals surface area contributed by atoms with E-state index in [4.69, 9.17) is 0 Å². The maximum Gasteiger partial charge on any atom is 0.0551 e. The molecule has 1 nitrogen and oxygen atoms in total. The third-order valence-electron chi connectivity index (χ3n) is 11.0. The zero-order valence-electron chi connectivity index (χ0n) is 27.8. The highest BCUT2D eigenvalue weighted by molar-refractivity contribution is 6.31. The van der Waals surface area contributed by atoms with Crippen molar-refractivity contribution in [3.63, 3.8) is 0 Å². The Labute approximate surface area is 295 Å². The zero-order valence-corrected chi connectivity index (χ0v) is 27.8. The molecule has 10 aromatic carbocycles. The smallest absolute Gasteiger partial charge is 0.0551 e. The van der Waals surface area contributed by atoms with Crippen LogP contribution in [-0.2, 0) is 0 Å². The number of aromatic nitrogens is 1. The van der Waals surface area contributed by atoms with Gasteiger partial charge in [-0.3, -0.25) is 0 Å². The number of fused-ring (bicyclic) bond motifs is 11. The molecule has 0 fully saturated rings. The minimum atomic E-state index is 1.16. The normalized spacial score (nSPS) is 11.9. The van der Waals surface area contributed by atoms with Crippen molar-refractivity contribution in [3.8, 4) is 33.4 Å². The lowest BCUT2D eigenvalue weighted by molar-refractivity contribution is 1.56. The highest BCUT2D eigenvalue weighted by atomic mass is 14.7. The SMILES string of the molecule is c1ccc2c(-c3ccc(-c4c5ccccc5c(-c5ccc6c(c5)[nH]c5c7ccccc7c7ccccc7c65)c5ccccc45)cc3)cccc2c1. The van der Waals surface area contributed by atoms with Crippen molar-refractivity contribution >= 4 is 75.7 Å². The third-order valence-corrected chi connectivity index (χ3v) is 11.0. The number of benzene rings is 10. The van der Waals surface area contributed by atoms with Crippen LogP contribution in [0.4, 0.5) is 0 Å². The van der Waals surface area contributed by atoms with Crippen LogP contribution in [0.5, 0.6) is 0 Å². The van der Waals surface area contributed by atoms with Crippen molar-refractivity contribution < 1.29 is 0 Å². The summed E-state index contributed by atoms with van der Waals surface area (Å²) in [6, 6.07) is 66.8. The second-order valence-corrected chi connectivity index (χ2v) is 13.7. The second-order valence-electron chi connectivity index (χ2n) is 13.7. The van der Waals surface area contributed by atoms with Crippen molar-refractivity contribution in [2.45, 2.75) is 0 Å². The number of hydrogen-bond acceptors (Lipinski definition) is 0. The molecular weight excluding hydrogens is 615 g/mol. The first kappa shape index (κ1) is 28.2. The van der Waals surface area contributed by atoms with E-state index >= 15 is 0 Å². The quantitative estimate of drug-likeness (QED) is 0.145. The summed E-state index contributed by atoms with van der Waals surface area (Å²) in [5.41, 5.74) is 9.84. The van der Waals surface area contributed by atoms with Crippen molar-refractivity contribution in [3.05, 3.63) is 182 Å². The topological polar surface area (TPSA) is 15.8 Å². The first-order valence-electron chi connectivity index (χ1n) is 17.7. The van der Waals surface area contributed by atoms with Gasteiger partial charge < -0.3 is 4.98 Å². The number of hydrogen-bond donors (Lipinski definition) is 1. The Balaban J connectivity index is 1.13. The lowest BCUT2D eigenvalue weighted by atomic mass is 9.85. The Hall–Kier alpha value is -6.70. The average molecular weight is 646 g/mol. The Morgan fingerprint density at radius 1 is 0.294 bits per heavy atom. The molecule has 1 N–H and O–H groups in total. The first-order valence-corrected chi connectivity index (χ1v) is 17.7. The van der Waals surface area contributed by atoms with Crippen LogP contribution in [0.25, 0.3) is 109 Å². The highest BCUT2D eigenvalue weighted by Crippen LogP contribution is 2.46. The Morgan fingerprint density at radius 3 is 1.43 bits per heavy atom. The maximum atomic E-state index is 3.89. The molecule has 11 rings (SSSR count). The van der Waals surface area contributed by atoms with Crippen LogP contribution in [0.2, 0.25) is 0 Å². The number of nitrogens with one attached hydrogen (secondary N) is 1. The van der Waals surface area contributed by atoms with Crippen LogP contribution in [-0.4, -0.2) is 4.98 Å². The monoisotopic (exact) mass is 645 g/mol. The summed E-state index contributed by atoms with van der Waals surface area (Å²) in [6.07, 6.45) is 0. The Morgan fingerprint density at radius 2 is 0.765 bits per heavy atom. The van der Waals surface area contributed by atoms with E-state index in [0.29, 0.717) is 0 Å². The molecule has 0 bridgehead atoms. The van der Waals surface area contributed by atoms with Gasteiger partial charge in [-0.15, -0.1) is 0 Å². The Bertz CT molecular complexity index is 3120. The number of aromatic amines is 1. The van der Waals surface area contributed by atoms with Crippen LogP contribution < -0.4 is 0 Å². The minimum absolute atomic E-state index is 1.16. The number of H-pyrrole nitrogens is 1. The largest absolute Gasteiger partial charge is 0.354 e. The van der Waals surface area contributed by atoms with Crippen LogP contribution in [0.3, 0.4) is 0 Å². The predicted molar refractivity (Wildman–Crippen MR) is 220 cm³/mol. The lowest BCUT2D eigenvalue weighted by Crippen LogP contribution is -1.91. The second kappa shape index (κ2) is 10.9. The summed E-state index contributed by atoms with van der Waals surface area (Å²) in [7, 11) is 0. The molecule has 0 radical (unpaired) electrons. The molecule has 0 saturated carbocycles. The van der Waals surface area contributed by atoms with Gasteiger partial charge in [0, 0.05) is 21.7 Å². The lowest BCUT2D eigenvalue weighted by Gasteiger charge is -2.18. The molecule has 11 aromatic rings. The van der Waals surface area contributed by atoms with Crippen LogP contribution in [0, 0.1) is 0 Å². The van der Waals surface area contributed by atoms with E-state index in [0.717, 1.165) is 5.52 Å². The molecule has 0 aliphatic heterocycles. The fourth-order valence-corrected chi connectivity index (χ4v) is 8.75. The fourth-order valence-electron chi connectivity index (χ4n) is 8.75. The van der Waals surface area contributed by atoms with E-state index in [-0.39, 0.29) is 0 Å². The van der Waals surface area contributed by atoms with E-state index in [1.807, 2.05) is 0 Å². The molecular formula is C50H31N. The van der Waals surface area contributed by atoms with Crippen LogP contribution in [0.15, 0.2) is 182 Å². The molecule has 51 heavy (non-hydrogen) atoms. The maximum absolute atomic E-state index is 3.89. The van der Waals surface area contributed by atoms with Gasteiger partial charge in [0.15, 0.2) is 0 Å². The molecule has 0 aliphatic carbocycles. The fraction of sp³-hybridized carbons (Fsp3) is 0. The van der Waals surface area contributed by atoms with Gasteiger partial charge in [-0.25, -0.2) is 0 Å². The van der Waals surface area contributed by atoms with Crippen molar-refractivity contribution in [1.82, 2.24) is 4.98 Å². The van der Waals surface area contributed by atoms with Crippen molar-refractivity contribution in [2.24, 2.45) is 0 Å². The van der Waals surface area contributed by atoms with Crippen LogP contribution >= 0.6 is 0 Å². The average Bonchev–Trinajstić information content (AvgIpc) is 3.59. The first-order chi connectivity index (χ1) is 25.3. The van der Waals surface area contributed by atoms with E-state index in [2.05, 4.69) is 187 Å². The van der Waals surface area contributed by atoms with E-state index in [1.54, 1.807) is 0 Å². The van der Waals surface area contributed by atoms with Crippen molar-refractivity contribution in [1.29, 1.82) is 0 Å². The van der Waals surface area contributed by atoms with Gasteiger partial charge in [0.25, 0.3) is 0 Å². The molecule has 0 atom stereocenters. The van der Waals surface area contributed by atoms with Gasteiger partial charge in [-0.1, -0.05) is 176 Å². The van der Waals surface area contributed by atoms with Gasteiger partial charge in [-0.05, 0) is 87.9 Å². The highest BCUT2D eigenvalue weighted by Gasteiger charge is 2.19. The summed E-state index contributed by atoms with van der Waals surface area (Å²) in [4.78, 5) is 3.89. The summed E-state index contributed by atoms with van der Waals surface area (Å²) < 4.78 is 0. The van der Waals surface area contributed by atoms with Gasteiger partial charge in [0.2, 0.25) is 0 Å². The molecule has 236 valence electrons. The van der Waals surface area contributed by atoms with Gasteiger partial charge >= 0.3 is 0 Å². The molecule has 1 heterocycles. The number of rotatable bonds is 3. The molecule has 0 aliphatic rings. The minimum Gasteiger partial charge on any atom is -0.354 e. The van der Waals surface area contributed by atoms with E-state index < -0.39 is 0 Å². The van der Waals surface area contributed by atoms with Gasteiger partial charge in [0.1, 0.15) is 0 Å². The molecule has 0 spiro atoms. The van der Waals surface area contributed by atoms with E-state index in [9.17, 15) is 0 Å². The standard InChI is InChI=1S/C50H31N/c1-2-14-35-31(12-1)13-11-23-36(35)32-24-26-33(27-25-32)47-40-18-6-8-20-42(40)48(43-21-9-7-19-41(43)47)34-28-29-45-46(30-34)51-50-44-22-10-4-16-38(44)37-15-3-5-17-39(37)49(45)50/h1-30,51H. The van der Waals surface area contributed by atoms with Crippen LogP contribution in [0.1, 0.15) is 0 Å². The Kier molecular flexibility index (Phi) is 6.02. The molecule has 1 heteroatoms. The summed E-state index contributed by atoms with van der Waals surface area (Å²) in [5.74, 6) is 0. The third kappa shape index (κ3) is 4.16. The summed E-state index contributed by atoms with van der Waals surface area (Å²) in [6.45, 7) is 0. The molecule has 0 amide bonds. The molecule has 0 saturated heterocycles. The predicted octanol–water partition coefficient (Wildman–Crippen LogP) is 14.1. The van der Waals surface area contributed by atoms with E-state index in [1.165, 1.54) is 104 Å². The summed E-state index contributed by atoms with van der Waals surface area (Å²) >= 11 is 0. The van der Waals surface area contributed by atoms with Crippen molar-refractivity contribution in [2.75, 3.05) is 0 Å².